The van der Waals surface area contributed by atoms with E-state index in [0.29, 0.717) is 5.78 Å². The molecule has 0 aromatic rings. The molecule has 0 saturated heterocycles. The van der Waals surface area contributed by atoms with Crippen molar-refractivity contribution in [2.75, 3.05) is 4.43 Å². The van der Waals surface area contributed by atoms with Gasteiger partial charge in [-0.15, -0.1) is 0 Å². The first-order valence-corrected chi connectivity index (χ1v) is 5.47. The number of hydrogen-bond acceptors (Lipinski definition) is 1. The van der Waals surface area contributed by atoms with Gasteiger partial charge >= 0.3 is 60.9 Å². The van der Waals surface area contributed by atoms with Crippen LogP contribution in [0.2, 0.25) is 0 Å². The van der Waals surface area contributed by atoms with Crippen LogP contribution >= 0.6 is 0 Å². The summed E-state index contributed by atoms with van der Waals surface area (Å²) in [6.45, 7) is 6.02. The summed E-state index contributed by atoms with van der Waals surface area (Å²) in [5.74, 6) is 0.353. The van der Waals surface area contributed by atoms with E-state index in [9.17, 15) is 4.79 Å². The first kappa shape index (κ1) is 8.40. The van der Waals surface area contributed by atoms with Crippen LogP contribution in [-0.4, -0.2) is 14.1 Å². The van der Waals surface area contributed by atoms with Crippen LogP contribution in [-0.2, 0) is 4.79 Å². The molecule has 0 aromatic heterocycles. The maximum atomic E-state index is 10.4. The maximum absolute atomic E-state index is 10.4. The Kier molecular flexibility index (Phi) is 4.51. The second kappa shape index (κ2) is 4.30. The van der Waals surface area contributed by atoms with Crippen LogP contribution in [0, 0.1) is 0 Å². The van der Waals surface area contributed by atoms with Crippen LogP contribution < -0.4 is 21.2 Å². The topological polar surface area (TPSA) is 17.1 Å². The molecule has 0 aliphatic rings. The first-order valence-electron chi connectivity index (χ1n) is 2.70. The molecule has 0 atom stereocenters. The summed E-state index contributed by atoms with van der Waals surface area (Å²) in [6.07, 6.45) is 0. The summed E-state index contributed by atoms with van der Waals surface area (Å²) in [4.78, 5) is 10.4. The van der Waals surface area contributed by atoms with Gasteiger partial charge in [0.05, 0.1) is 0 Å². The van der Waals surface area contributed by atoms with Gasteiger partial charge in [-0.2, -0.15) is 0 Å². The number of carbonyl (C=O) groups excluding carboxylic acids is 1. The molecular weight excluding hydrogens is 215 g/mol. The van der Waals surface area contributed by atoms with E-state index >= 15 is 0 Å². The van der Waals surface area contributed by atoms with Crippen molar-refractivity contribution in [2.45, 2.75) is 24.7 Å². The number of Topliss-reactive ketones (excluding diaryl/α,β-unsaturated/α-hetero) is 1. The summed E-state index contributed by atoms with van der Waals surface area (Å²) in [7, 11) is 0. The SMILES string of the molecule is CC(=O)C[I-]C(C)C. The van der Waals surface area contributed by atoms with Crippen LogP contribution in [0.15, 0.2) is 0 Å². The number of hydrogen-bond donors (Lipinski definition) is 0. The van der Waals surface area contributed by atoms with Crippen molar-refractivity contribution in [1.29, 1.82) is 0 Å². The predicted molar refractivity (Wildman–Crippen MR) is 30.7 cm³/mol. The molecule has 0 radical (unpaired) electrons. The molecule has 0 N–H and O–H groups in total. The van der Waals surface area contributed by atoms with E-state index in [2.05, 4.69) is 13.8 Å². The van der Waals surface area contributed by atoms with Crippen LogP contribution in [0.3, 0.4) is 0 Å². The zero-order valence-electron chi connectivity index (χ0n) is 5.57. The van der Waals surface area contributed by atoms with Gasteiger partial charge < -0.3 is 0 Å². The Morgan fingerprint density at radius 3 is 2.25 bits per heavy atom. The molecule has 8 heavy (non-hydrogen) atoms. The molecule has 0 rings (SSSR count). The van der Waals surface area contributed by atoms with E-state index < -0.39 is 0 Å². The van der Waals surface area contributed by atoms with Crippen LogP contribution in [0.5, 0.6) is 0 Å². The average molecular weight is 227 g/mol. The van der Waals surface area contributed by atoms with Gasteiger partial charge in [0.2, 0.25) is 0 Å². The Morgan fingerprint density at radius 2 is 2.12 bits per heavy atom. The van der Waals surface area contributed by atoms with Crippen molar-refractivity contribution < 1.29 is 26.0 Å². The molecule has 0 aliphatic carbocycles. The quantitative estimate of drug-likeness (QED) is 0.405. The van der Waals surface area contributed by atoms with Crippen LogP contribution in [0.25, 0.3) is 0 Å². The second-order valence-electron chi connectivity index (χ2n) is 2.00. The molecule has 50 valence electrons. The van der Waals surface area contributed by atoms with E-state index in [0.717, 1.165) is 8.35 Å². The zero-order chi connectivity index (χ0) is 6.57. The van der Waals surface area contributed by atoms with E-state index in [4.69, 9.17) is 0 Å². The van der Waals surface area contributed by atoms with Gasteiger partial charge in [0.15, 0.2) is 0 Å². The van der Waals surface area contributed by atoms with Crippen molar-refractivity contribution in [3.05, 3.63) is 0 Å². The standard InChI is InChI=1S/C6H12IO/c1-5(2)7-4-6(3)8/h5H,4H2,1-3H3/q-1. The fourth-order valence-corrected chi connectivity index (χ4v) is 1.76. The van der Waals surface area contributed by atoms with Gasteiger partial charge in [-0.1, -0.05) is 0 Å². The molecule has 0 unspecified atom stereocenters. The molecule has 1 nitrogen and oxygen atoms in total. The molecule has 0 saturated carbocycles. The zero-order valence-corrected chi connectivity index (χ0v) is 7.73. The predicted octanol–water partition coefficient (Wildman–Crippen LogP) is -1.93. The molecule has 0 bridgehead atoms. The van der Waals surface area contributed by atoms with Crippen molar-refractivity contribution in [3.63, 3.8) is 0 Å². The molecule has 0 heterocycles. The summed E-state index contributed by atoms with van der Waals surface area (Å²) < 4.78 is 1.63. The Balaban J connectivity index is 3.05. The summed E-state index contributed by atoms with van der Waals surface area (Å²) in [6, 6.07) is 0. The van der Waals surface area contributed by atoms with Crippen LogP contribution in [0.1, 0.15) is 20.8 Å². The fraction of sp³-hybridized carbons (Fsp3) is 0.833. The number of halogens is 1. The monoisotopic (exact) mass is 227 g/mol. The minimum atomic E-state index is 0.175. The Bertz CT molecular complexity index is 78.6. The number of carbonyl (C=O) groups is 1. The summed E-state index contributed by atoms with van der Waals surface area (Å²) in [5.41, 5.74) is 0. The molecule has 0 fully saturated rings. The second-order valence-corrected chi connectivity index (χ2v) is 6.14. The number of rotatable bonds is 3. The van der Waals surface area contributed by atoms with Gasteiger partial charge in [0, 0.05) is 0 Å². The number of ketones is 1. The van der Waals surface area contributed by atoms with Gasteiger partial charge in [-0.25, -0.2) is 0 Å². The molecular formula is C6H12IO-. The Hall–Kier alpha value is 0.400. The average Bonchev–Trinajstić information content (AvgIpc) is 1.61. The third kappa shape index (κ3) is 6.40. The molecule has 2 heteroatoms. The van der Waals surface area contributed by atoms with Crippen molar-refractivity contribution in [1.82, 2.24) is 0 Å². The van der Waals surface area contributed by atoms with Crippen molar-refractivity contribution in [2.24, 2.45) is 0 Å². The van der Waals surface area contributed by atoms with E-state index in [-0.39, 0.29) is 21.2 Å². The Labute approximate surface area is 61.1 Å². The first-order chi connectivity index (χ1) is 3.63. The van der Waals surface area contributed by atoms with E-state index in [1.807, 2.05) is 0 Å². The van der Waals surface area contributed by atoms with Crippen molar-refractivity contribution >= 4 is 5.78 Å². The molecule has 0 spiro atoms. The van der Waals surface area contributed by atoms with Gasteiger partial charge in [0.25, 0.3) is 0 Å². The fourth-order valence-electron chi connectivity index (χ4n) is 0.263. The summed E-state index contributed by atoms with van der Waals surface area (Å²) >= 11 is 0.175. The minimum absolute atomic E-state index is 0.175. The van der Waals surface area contributed by atoms with E-state index in [1.165, 1.54) is 0 Å². The Morgan fingerprint density at radius 1 is 1.62 bits per heavy atom. The molecule has 0 aromatic carbocycles. The normalized spacial score (nSPS) is 10.5. The molecule has 0 amide bonds. The summed E-state index contributed by atoms with van der Waals surface area (Å²) in [5, 5.41) is 0. The third-order valence-electron chi connectivity index (χ3n) is 0.574. The van der Waals surface area contributed by atoms with Gasteiger partial charge in [0.1, 0.15) is 0 Å². The van der Waals surface area contributed by atoms with Crippen molar-refractivity contribution in [3.8, 4) is 0 Å². The van der Waals surface area contributed by atoms with E-state index in [1.54, 1.807) is 6.92 Å². The van der Waals surface area contributed by atoms with Gasteiger partial charge in [-0.3, -0.25) is 0 Å². The third-order valence-corrected chi connectivity index (χ3v) is 3.85. The van der Waals surface area contributed by atoms with Crippen LogP contribution in [0.4, 0.5) is 0 Å². The molecule has 0 aliphatic heterocycles. The van der Waals surface area contributed by atoms with Gasteiger partial charge in [-0.05, 0) is 0 Å². The number of alkyl halides is 2.